The lowest BCUT2D eigenvalue weighted by Gasteiger charge is -2.23. The molecule has 15 nitrogen and oxygen atoms in total. The van der Waals surface area contributed by atoms with Crippen LogP contribution in [0.3, 0.4) is 0 Å². The van der Waals surface area contributed by atoms with Crippen LogP contribution in [0.5, 0.6) is 0 Å². The Bertz CT molecular complexity index is 2460. The highest BCUT2D eigenvalue weighted by atomic mass is 15.0. The Hall–Kier alpha value is -8.76. The van der Waals surface area contributed by atoms with Crippen LogP contribution in [0, 0.1) is 108 Å². The molecule has 2 fully saturated rings. The van der Waals surface area contributed by atoms with E-state index in [9.17, 15) is 0 Å². The zero-order valence-electron chi connectivity index (χ0n) is 42.5. The minimum Gasteiger partial charge on any atom is -0.387 e. The summed E-state index contributed by atoms with van der Waals surface area (Å²) >= 11 is 0. The quantitative estimate of drug-likeness (QED) is 0.0974. The predicted molar refractivity (Wildman–Crippen MR) is 287 cm³/mol. The third-order valence-electron chi connectivity index (χ3n) is 10.6. The highest BCUT2D eigenvalue weighted by Crippen LogP contribution is 2.35. The molecule has 0 saturated heterocycles. The van der Waals surface area contributed by atoms with Crippen LogP contribution in [0.4, 0.5) is 0 Å². The molecule has 368 valence electrons. The van der Waals surface area contributed by atoms with Gasteiger partial charge in [-0.15, -0.1) is 0 Å². The molecule has 5 aliphatic rings. The first-order valence-corrected chi connectivity index (χ1v) is 24.1. The van der Waals surface area contributed by atoms with Crippen molar-refractivity contribution in [2.24, 2.45) is 55.8 Å². The van der Waals surface area contributed by atoms with Crippen molar-refractivity contribution in [2.45, 2.75) is 107 Å². The summed E-state index contributed by atoms with van der Waals surface area (Å²) in [6.07, 6.45) is 8.85. The van der Waals surface area contributed by atoms with Gasteiger partial charge in [-0.3, -0.25) is 16.2 Å². The molecule has 9 N–H and O–H groups in total. The van der Waals surface area contributed by atoms with E-state index in [1.807, 2.05) is 128 Å². The number of nitrogens with zero attached hydrogens (tertiary/aromatic N) is 9. The molecule has 3 aliphatic heterocycles. The van der Waals surface area contributed by atoms with Gasteiger partial charge in [0.05, 0.1) is 46.2 Å². The van der Waals surface area contributed by atoms with Crippen molar-refractivity contribution in [3.8, 4) is 36.4 Å². The molecule has 0 aromatic heterocycles. The van der Waals surface area contributed by atoms with Crippen LogP contribution in [0.1, 0.15) is 151 Å². The Balaban J connectivity index is 0.000000805. The second-order valence-corrected chi connectivity index (χ2v) is 14.5. The van der Waals surface area contributed by atoms with E-state index < -0.39 is 0 Å². The van der Waals surface area contributed by atoms with E-state index in [1.165, 1.54) is 12.8 Å². The minimum atomic E-state index is 0.0127. The molecule has 4 aromatic carbocycles. The van der Waals surface area contributed by atoms with Crippen LogP contribution < -0.4 is 17.2 Å². The number of nitriles is 6. The van der Waals surface area contributed by atoms with Gasteiger partial charge in [-0.1, -0.05) is 154 Å². The maximum Gasteiger partial charge on any atom is 0.154 e. The molecule has 0 bridgehead atoms. The molecule has 9 rings (SSSR count). The summed E-state index contributed by atoms with van der Waals surface area (Å²) in [5.41, 5.74) is 21.9. The third-order valence-corrected chi connectivity index (χ3v) is 10.6. The van der Waals surface area contributed by atoms with E-state index in [0.717, 1.165) is 60.8 Å². The standard InChI is InChI=1S/C8H13N3.2C8H7N3.C8H10N2.2C8H4N2.4C2H6/c3*9-7-5-3-1-2-4-6(5)8(10)11-7;3*9-5-7-3-1-2-4-8(7)6-10;4*1-2/h5-6H,1-4H2,(H3,9,10,11);2*1-4H,(H3,9,10,11);7-8H,1-4H2;2*1-4H;4*1-2H3/t5-,6?;;;7-,8?;;;;;;/m0..1....../s1. The number of benzene rings is 4. The molecule has 2 unspecified atom stereocenters. The number of hydrogen-bond acceptors (Lipinski definition) is 12. The zero-order chi connectivity index (χ0) is 53.7. The molecule has 2 saturated carbocycles. The van der Waals surface area contributed by atoms with Crippen LogP contribution in [-0.2, 0) is 0 Å². The van der Waals surface area contributed by atoms with Crippen molar-refractivity contribution in [1.29, 1.82) is 47.8 Å². The van der Waals surface area contributed by atoms with E-state index in [0.29, 0.717) is 57.4 Å². The lowest BCUT2D eigenvalue weighted by molar-refractivity contribution is 0.352. The highest BCUT2D eigenvalue weighted by molar-refractivity contribution is 6.21. The molecule has 71 heavy (non-hydrogen) atoms. The Morgan fingerprint density at radius 1 is 0.408 bits per heavy atom. The smallest absolute Gasteiger partial charge is 0.154 e. The fourth-order valence-electron chi connectivity index (χ4n) is 7.22. The van der Waals surface area contributed by atoms with Gasteiger partial charge in [0.1, 0.15) is 47.6 Å². The lowest BCUT2D eigenvalue weighted by atomic mass is 9.80. The fraction of sp³-hybridized carbons (Fsp3) is 0.357. The average molecular weight is 952 g/mol. The molecule has 3 heterocycles. The van der Waals surface area contributed by atoms with E-state index in [2.05, 4.69) is 27.1 Å². The summed E-state index contributed by atoms with van der Waals surface area (Å²) in [6.45, 7) is 16.0. The van der Waals surface area contributed by atoms with E-state index in [-0.39, 0.29) is 23.5 Å². The van der Waals surface area contributed by atoms with Crippen LogP contribution in [0.2, 0.25) is 0 Å². The van der Waals surface area contributed by atoms with Crippen molar-refractivity contribution < 1.29 is 0 Å². The van der Waals surface area contributed by atoms with Gasteiger partial charge in [0.2, 0.25) is 0 Å². The Morgan fingerprint density at radius 2 is 0.690 bits per heavy atom. The summed E-state index contributed by atoms with van der Waals surface area (Å²) in [4.78, 5) is 11.7. The summed E-state index contributed by atoms with van der Waals surface area (Å²) in [5, 5.41) is 73.3. The van der Waals surface area contributed by atoms with Crippen molar-refractivity contribution in [3.63, 3.8) is 0 Å². The number of fused-ring (bicyclic) bond motifs is 3. The van der Waals surface area contributed by atoms with Gasteiger partial charge in [0, 0.05) is 34.1 Å². The minimum absolute atomic E-state index is 0.0127. The molecule has 4 atom stereocenters. The predicted octanol–water partition coefficient (Wildman–Crippen LogP) is 11.4. The zero-order valence-corrected chi connectivity index (χ0v) is 42.5. The topological polar surface area (TPSA) is 329 Å². The van der Waals surface area contributed by atoms with Crippen LogP contribution in [0.25, 0.3) is 0 Å². The Kier molecular flexibility index (Phi) is 31.8. The lowest BCUT2D eigenvalue weighted by Crippen LogP contribution is -2.28. The van der Waals surface area contributed by atoms with E-state index in [1.54, 1.807) is 48.5 Å². The fourth-order valence-corrected chi connectivity index (χ4v) is 7.22. The van der Waals surface area contributed by atoms with Crippen LogP contribution in [0.15, 0.2) is 112 Å². The number of rotatable bonds is 0. The maximum atomic E-state index is 8.59. The molecular weight excluding hydrogens is 883 g/mol. The molecule has 4 aromatic rings. The van der Waals surface area contributed by atoms with Gasteiger partial charge in [0.25, 0.3) is 0 Å². The molecule has 15 heteroatoms. The SMILES string of the molecule is CC.CC.CC.CC.N#CC1CCCC[C@@H]1C#N.N#Cc1ccccc1C#N.N#Cc1ccccc1C#N.N=C1N=C(N)C2CCCC[C@H]12.N=C1N=C(N)c2ccccc21.N=C1N=C(N)c2ccccc21. The molecule has 0 spiro atoms. The third kappa shape index (κ3) is 19.4. The highest BCUT2D eigenvalue weighted by Gasteiger charge is 2.35. The van der Waals surface area contributed by atoms with Crippen molar-refractivity contribution >= 4 is 35.0 Å². The Labute approximate surface area is 421 Å². The first-order chi connectivity index (χ1) is 34.5. The summed E-state index contributed by atoms with van der Waals surface area (Å²) in [7, 11) is 0. The number of nitrogens with two attached hydrogens (primary N) is 3. The van der Waals surface area contributed by atoms with Gasteiger partial charge >= 0.3 is 0 Å². The normalized spacial score (nSPS) is 17.3. The van der Waals surface area contributed by atoms with Crippen molar-refractivity contribution in [1.82, 2.24) is 0 Å². The van der Waals surface area contributed by atoms with Gasteiger partial charge in [-0.25, -0.2) is 15.0 Å². The van der Waals surface area contributed by atoms with Crippen LogP contribution >= 0.6 is 0 Å². The second-order valence-electron chi connectivity index (χ2n) is 14.5. The van der Waals surface area contributed by atoms with Crippen molar-refractivity contribution in [2.75, 3.05) is 0 Å². The summed E-state index contributed by atoms with van der Waals surface area (Å²) in [6, 6.07) is 40.5. The number of nitrogens with one attached hydrogen (secondary N) is 3. The maximum absolute atomic E-state index is 8.59. The van der Waals surface area contributed by atoms with E-state index >= 15 is 0 Å². The van der Waals surface area contributed by atoms with Crippen molar-refractivity contribution in [3.05, 3.63) is 142 Å². The summed E-state index contributed by atoms with van der Waals surface area (Å²) in [5.74, 6) is 3.46. The number of aliphatic imine (C=N–C) groups is 3. The first kappa shape index (κ1) is 62.2. The second kappa shape index (κ2) is 36.3. The van der Waals surface area contributed by atoms with E-state index in [4.69, 9.17) is 65.0 Å². The molecule has 2 aliphatic carbocycles. The van der Waals surface area contributed by atoms with Gasteiger partial charge in [-0.05, 0) is 49.9 Å². The monoisotopic (exact) mass is 952 g/mol. The largest absolute Gasteiger partial charge is 0.387 e. The molecule has 0 radical (unpaired) electrons. The van der Waals surface area contributed by atoms with Gasteiger partial charge in [0.15, 0.2) is 11.7 Å². The Morgan fingerprint density at radius 3 is 0.972 bits per heavy atom. The number of hydrogen-bond donors (Lipinski definition) is 6. The van der Waals surface area contributed by atoms with Gasteiger partial charge < -0.3 is 17.2 Å². The number of amidine groups is 6. The van der Waals surface area contributed by atoms with Crippen LogP contribution in [-0.4, -0.2) is 35.0 Å². The van der Waals surface area contributed by atoms with Gasteiger partial charge in [-0.2, -0.15) is 31.6 Å². The first-order valence-electron chi connectivity index (χ1n) is 24.1. The molecule has 0 amide bonds. The molecular formula is C56H69N15. The average Bonchev–Trinajstić information content (AvgIpc) is 4.04. The summed E-state index contributed by atoms with van der Waals surface area (Å²) < 4.78 is 0.